The first-order chi connectivity index (χ1) is 10.8. The van der Waals surface area contributed by atoms with Crippen LogP contribution in [0.2, 0.25) is 0 Å². The molecule has 0 aliphatic rings. The lowest BCUT2D eigenvalue weighted by atomic mass is 10.2. The van der Waals surface area contributed by atoms with Crippen LogP contribution >= 0.6 is 0 Å². The van der Waals surface area contributed by atoms with Gasteiger partial charge in [0.1, 0.15) is 16.4 Å². The predicted octanol–water partition coefficient (Wildman–Crippen LogP) is 1.22. The monoisotopic (exact) mass is 339 g/mol. The van der Waals surface area contributed by atoms with E-state index in [0.29, 0.717) is 5.76 Å². The molecule has 0 aliphatic carbocycles. The van der Waals surface area contributed by atoms with Gasteiger partial charge in [-0.25, -0.2) is 13.1 Å². The van der Waals surface area contributed by atoms with Crippen molar-refractivity contribution < 1.29 is 22.5 Å². The number of carbonyl (C=O) groups is 1. The minimum Gasteiger partial charge on any atom is -0.495 e. The zero-order valence-corrected chi connectivity index (χ0v) is 13.7. The largest absolute Gasteiger partial charge is 0.495 e. The highest BCUT2D eigenvalue weighted by Crippen LogP contribution is 2.24. The SMILES string of the molecule is COc1ccc(C)cc1S(=O)(=O)NCC(=O)Nc1cc(C)on1. The fourth-order valence-electron chi connectivity index (χ4n) is 1.84. The van der Waals surface area contributed by atoms with E-state index in [1.807, 2.05) is 0 Å². The molecule has 1 amide bonds. The van der Waals surface area contributed by atoms with Gasteiger partial charge >= 0.3 is 0 Å². The second kappa shape index (κ2) is 6.80. The lowest BCUT2D eigenvalue weighted by Gasteiger charge is -2.11. The molecule has 8 nitrogen and oxygen atoms in total. The molecule has 0 atom stereocenters. The van der Waals surface area contributed by atoms with Gasteiger partial charge in [-0.15, -0.1) is 0 Å². The van der Waals surface area contributed by atoms with E-state index in [2.05, 4.69) is 15.2 Å². The Kier molecular flexibility index (Phi) is 5.02. The molecule has 23 heavy (non-hydrogen) atoms. The van der Waals surface area contributed by atoms with Gasteiger partial charge in [-0.05, 0) is 31.5 Å². The van der Waals surface area contributed by atoms with Crippen LogP contribution in [0, 0.1) is 13.8 Å². The minimum atomic E-state index is -3.89. The molecule has 1 heterocycles. The molecule has 2 N–H and O–H groups in total. The third kappa shape index (κ3) is 4.30. The summed E-state index contributed by atoms with van der Waals surface area (Å²) in [5.41, 5.74) is 0.758. The molecule has 0 unspecified atom stereocenters. The van der Waals surface area contributed by atoms with E-state index in [4.69, 9.17) is 9.26 Å². The Morgan fingerprint density at radius 2 is 2.04 bits per heavy atom. The van der Waals surface area contributed by atoms with Gasteiger partial charge in [-0.3, -0.25) is 4.79 Å². The molecule has 0 saturated carbocycles. The number of rotatable bonds is 6. The highest BCUT2D eigenvalue weighted by atomic mass is 32.2. The number of methoxy groups -OCH3 is 1. The fourth-order valence-corrected chi connectivity index (χ4v) is 3.08. The number of ether oxygens (including phenoxy) is 1. The number of nitrogens with one attached hydrogen (secondary N) is 2. The maximum Gasteiger partial charge on any atom is 0.244 e. The topological polar surface area (TPSA) is 111 Å². The lowest BCUT2D eigenvalue weighted by molar-refractivity contribution is -0.115. The first kappa shape index (κ1) is 17.0. The summed E-state index contributed by atoms with van der Waals surface area (Å²) in [4.78, 5) is 11.7. The first-order valence-corrected chi connectivity index (χ1v) is 8.17. The van der Waals surface area contributed by atoms with Crippen molar-refractivity contribution >= 4 is 21.7 Å². The zero-order valence-electron chi connectivity index (χ0n) is 12.9. The summed E-state index contributed by atoms with van der Waals surface area (Å²) >= 11 is 0. The Hall–Kier alpha value is -2.39. The van der Waals surface area contributed by atoms with Gasteiger partial charge in [-0.1, -0.05) is 11.2 Å². The highest BCUT2D eigenvalue weighted by molar-refractivity contribution is 7.89. The number of hydrogen-bond donors (Lipinski definition) is 2. The highest BCUT2D eigenvalue weighted by Gasteiger charge is 2.20. The van der Waals surface area contributed by atoms with Crippen LogP contribution < -0.4 is 14.8 Å². The van der Waals surface area contributed by atoms with Crippen molar-refractivity contribution in [2.75, 3.05) is 19.0 Å². The second-order valence-electron chi connectivity index (χ2n) is 4.85. The number of amides is 1. The molecular formula is C14H17N3O5S. The molecule has 1 aromatic heterocycles. The van der Waals surface area contributed by atoms with Crippen molar-refractivity contribution in [3.63, 3.8) is 0 Å². The van der Waals surface area contributed by atoms with Crippen molar-refractivity contribution in [1.82, 2.24) is 9.88 Å². The molecule has 0 bridgehead atoms. The van der Waals surface area contributed by atoms with Gasteiger partial charge in [0.15, 0.2) is 5.82 Å². The number of carbonyl (C=O) groups excluding carboxylic acids is 1. The van der Waals surface area contributed by atoms with E-state index in [9.17, 15) is 13.2 Å². The van der Waals surface area contributed by atoms with Crippen molar-refractivity contribution in [2.45, 2.75) is 18.7 Å². The van der Waals surface area contributed by atoms with Crippen LogP contribution in [0.3, 0.4) is 0 Å². The van der Waals surface area contributed by atoms with Gasteiger partial charge < -0.3 is 14.6 Å². The number of aromatic nitrogens is 1. The Labute approximate surface area is 133 Å². The van der Waals surface area contributed by atoms with E-state index in [1.54, 1.807) is 26.0 Å². The summed E-state index contributed by atoms with van der Waals surface area (Å²) in [6.45, 7) is 3.00. The maximum atomic E-state index is 12.3. The molecule has 2 aromatic rings. The van der Waals surface area contributed by atoms with Crippen LogP contribution in [-0.4, -0.2) is 33.1 Å². The molecule has 0 saturated heterocycles. The number of nitrogens with zero attached hydrogens (tertiary/aromatic N) is 1. The van der Waals surface area contributed by atoms with E-state index < -0.39 is 22.5 Å². The number of sulfonamides is 1. The van der Waals surface area contributed by atoms with Crippen LogP contribution in [0.5, 0.6) is 5.75 Å². The van der Waals surface area contributed by atoms with Crippen LogP contribution in [0.1, 0.15) is 11.3 Å². The lowest BCUT2D eigenvalue weighted by Crippen LogP contribution is -2.33. The predicted molar refractivity (Wildman–Crippen MR) is 82.8 cm³/mol. The fraction of sp³-hybridized carbons (Fsp3) is 0.286. The molecule has 0 aliphatic heterocycles. The summed E-state index contributed by atoms with van der Waals surface area (Å²) < 4.78 is 36.7. The van der Waals surface area contributed by atoms with Crippen molar-refractivity contribution in [3.8, 4) is 5.75 Å². The quantitative estimate of drug-likeness (QED) is 0.818. The Morgan fingerprint density at radius 3 is 2.65 bits per heavy atom. The normalized spacial score (nSPS) is 11.3. The summed E-state index contributed by atoms with van der Waals surface area (Å²) in [6, 6.07) is 6.29. The average Bonchev–Trinajstić information content (AvgIpc) is 2.90. The van der Waals surface area contributed by atoms with Crippen LogP contribution in [0.4, 0.5) is 5.82 Å². The summed E-state index contributed by atoms with van der Waals surface area (Å²) in [7, 11) is -2.51. The second-order valence-corrected chi connectivity index (χ2v) is 6.59. The van der Waals surface area contributed by atoms with Gasteiger partial charge in [0.2, 0.25) is 15.9 Å². The number of anilines is 1. The molecule has 2 rings (SSSR count). The summed E-state index contributed by atoms with van der Waals surface area (Å²) in [5, 5.41) is 6.02. The summed E-state index contributed by atoms with van der Waals surface area (Å²) in [6.07, 6.45) is 0. The smallest absolute Gasteiger partial charge is 0.244 e. The molecule has 0 spiro atoms. The van der Waals surface area contributed by atoms with Crippen LogP contribution in [0.15, 0.2) is 33.7 Å². The Morgan fingerprint density at radius 1 is 1.30 bits per heavy atom. The van der Waals surface area contributed by atoms with Crippen LogP contribution in [0.25, 0.3) is 0 Å². The third-order valence-electron chi connectivity index (χ3n) is 2.93. The number of hydrogen-bond acceptors (Lipinski definition) is 6. The van der Waals surface area contributed by atoms with Crippen molar-refractivity contribution in [1.29, 1.82) is 0 Å². The van der Waals surface area contributed by atoms with Crippen molar-refractivity contribution in [3.05, 3.63) is 35.6 Å². The zero-order chi connectivity index (χ0) is 17.0. The van der Waals surface area contributed by atoms with Crippen molar-refractivity contribution in [2.24, 2.45) is 0 Å². The molecule has 0 radical (unpaired) electrons. The molecule has 1 aromatic carbocycles. The number of aryl methyl sites for hydroxylation is 2. The van der Waals surface area contributed by atoms with Crippen LogP contribution in [-0.2, 0) is 14.8 Å². The Balaban J connectivity index is 2.07. The molecular weight excluding hydrogens is 322 g/mol. The molecule has 0 fully saturated rings. The standard InChI is InChI=1S/C14H17N3O5S/c1-9-4-5-11(21-3)12(6-9)23(19,20)15-8-14(18)16-13-7-10(2)22-17-13/h4-7,15H,8H2,1-3H3,(H,16,17,18). The summed E-state index contributed by atoms with van der Waals surface area (Å²) in [5.74, 6) is 0.398. The van der Waals surface area contributed by atoms with E-state index >= 15 is 0 Å². The van der Waals surface area contributed by atoms with Gasteiger partial charge in [-0.2, -0.15) is 0 Å². The van der Waals surface area contributed by atoms with Gasteiger partial charge in [0.25, 0.3) is 0 Å². The van der Waals surface area contributed by atoms with Gasteiger partial charge in [0.05, 0.1) is 13.7 Å². The maximum absolute atomic E-state index is 12.3. The minimum absolute atomic E-state index is 0.0231. The third-order valence-corrected chi connectivity index (χ3v) is 4.35. The average molecular weight is 339 g/mol. The number of benzene rings is 1. The van der Waals surface area contributed by atoms with Gasteiger partial charge in [0, 0.05) is 6.07 Å². The first-order valence-electron chi connectivity index (χ1n) is 6.69. The van der Waals surface area contributed by atoms with E-state index in [-0.39, 0.29) is 16.5 Å². The Bertz CT molecular complexity index is 814. The molecule has 9 heteroatoms. The van der Waals surface area contributed by atoms with E-state index in [0.717, 1.165) is 5.56 Å². The van der Waals surface area contributed by atoms with E-state index in [1.165, 1.54) is 19.2 Å². The molecule has 124 valence electrons.